The number of hydrogen-bond acceptors (Lipinski definition) is 6. The molecule has 0 aliphatic carbocycles. The molecule has 2 heterocycles. The molecule has 1 fully saturated rings. The Morgan fingerprint density at radius 3 is 2.52 bits per heavy atom. The summed E-state index contributed by atoms with van der Waals surface area (Å²) in [5, 5.41) is 0. The largest absolute Gasteiger partial charge is 0.426 e. The van der Waals surface area contributed by atoms with E-state index in [1.54, 1.807) is 24.3 Å². The van der Waals surface area contributed by atoms with Crippen LogP contribution in [0.15, 0.2) is 62.6 Å². The van der Waals surface area contributed by atoms with Gasteiger partial charge in [-0.2, -0.15) is 4.31 Å². The van der Waals surface area contributed by atoms with E-state index in [1.165, 1.54) is 27.1 Å². The SMILES string of the molecule is O=C(CCn1c(=O)oc2cc(S(=O)(=O)N3CCCC3)ccc21)Oc1ccccc1. The summed E-state index contributed by atoms with van der Waals surface area (Å²) in [6.07, 6.45) is 1.65. The van der Waals surface area contributed by atoms with E-state index >= 15 is 0 Å². The lowest BCUT2D eigenvalue weighted by atomic mass is 10.3. The fourth-order valence-electron chi connectivity index (χ4n) is 3.37. The van der Waals surface area contributed by atoms with Gasteiger partial charge in [0.15, 0.2) is 5.58 Å². The zero-order valence-electron chi connectivity index (χ0n) is 15.6. The number of fused-ring (bicyclic) bond motifs is 1. The Labute approximate surface area is 167 Å². The lowest BCUT2D eigenvalue weighted by Gasteiger charge is -2.15. The van der Waals surface area contributed by atoms with Gasteiger partial charge in [-0.25, -0.2) is 13.2 Å². The molecule has 152 valence electrons. The first kappa shape index (κ1) is 19.4. The van der Waals surface area contributed by atoms with Gasteiger partial charge in [-0.05, 0) is 37.1 Å². The van der Waals surface area contributed by atoms with Gasteiger partial charge >= 0.3 is 11.7 Å². The molecular formula is C20H20N2O6S. The van der Waals surface area contributed by atoms with Crippen LogP contribution >= 0.6 is 0 Å². The minimum absolute atomic E-state index is 0.0305. The van der Waals surface area contributed by atoms with Crippen molar-refractivity contribution in [2.24, 2.45) is 0 Å². The van der Waals surface area contributed by atoms with Gasteiger partial charge in [-0.1, -0.05) is 18.2 Å². The second-order valence-corrected chi connectivity index (χ2v) is 8.74. The van der Waals surface area contributed by atoms with Gasteiger partial charge in [0, 0.05) is 25.7 Å². The molecule has 0 atom stereocenters. The van der Waals surface area contributed by atoms with Crippen LogP contribution in [0.1, 0.15) is 19.3 Å². The number of oxazole rings is 1. The summed E-state index contributed by atoms with van der Waals surface area (Å²) in [7, 11) is -3.61. The maximum Gasteiger partial charge on any atom is 0.419 e. The second-order valence-electron chi connectivity index (χ2n) is 6.80. The fourth-order valence-corrected chi connectivity index (χ4v) is 4.90. The minimum atomic E-state index is -3.61. The number of benzene rings is 2. The molecule has 0 radical (unpaired) electrons. The first-order valence-corrected chi connectivity index (χ1v) is 10.8. The quantitative estimate of drug-likeness (QED) is 0.452. The molecule has 0 N–H and O–H groups in total. The number of rotatable bonds is 6. The molecular weight excluding hydrogens is 396 g/mol. The topological polar surface area (TPSA) is 98.8 Å². The number of hydrogen-bond donors (Lipinski definition) is 0. The highest BCUT2D eigenvalue weighted by Gasteiger charge is 2.28. The number of sulfonamides is 1. The first-order valence-electron chi connectivity index (χ1n) is 9.34. The number of nitrogens with zero attached hydrogens (tertiary/aromatic N) is 2. The maximum atomic E-state index is 12.7. The van der Waals surface area contributed by atoms with Crippen molar-refractivity contribution in [3.05, 3.63) is 59.1 Å². The second kappa shape index (κ2) is 7.84. The number of aryl methyl sites for hydroxylation is 1. The van der Waals surface area contributed by atoms with Crippen molar-refractivity contribution in [1.29, 1.82) is 0 Å². The highest BCUT2D eigenvalue weighted by atomic mass is 32.2. The first-order chi connectivity index (χ1) is 13.9. The summed E-state index contributed by atoms with van der Waals surface area (Å²) < 4.78 is 38.6. The summed E-state index contributed by atoms with van der Waals surface area (Å²) in [6.45, 7) is 1.05. The van der Waals surface area contributed by atoms with Crippen molar-refractivity contribution in [2.45, 2.75) is 30.7 Å². The molecule has 8 nitrogen and oxygen atoms in total. The van der Waals surface area contributed by atoms with Gasteiger partial charge in [-0.3, -0.25) is 9.36 Å². The molecule has 0 saturated carbocycles. The third-order valence-corrected chi connectivity index (χ3v) is 6.75. The van der Waals surface area contributed by atoms with Crippen molar-refractivity contribution in [2.75, 3.05) is 13.1 Å². The number of esters is 1. The van der Waals surface area contributed by atoms with Crippen LogP contribution in [0.2, 0.25) is 0 Å². The molecule has 0 unspecified atom stereocenters. The molecule has 0 amide bonds. The molecule has 4 rings (SSSR count). The van der Waals surface area contributed by atoms with E-state index < -0.39 is 21.7 Å². The predicted octanol–water partition coefficient (Wildman–Crippen LogP) is 2.37. The molecule has 1 aliphatic heterocycles. The number of carbonyl (C=O) groups excluding carboxylic acids is 1. The summed E-state index contributed by atoms with van der Waals surface area (Å²) >= 11 is 0. The van der Waals surface area contributed by atoms with Gasteiger partial charge in [0.2, 0.25) is 10.0 Å². The average molecular weight is 416 g/mol. The summed E-state index contributed by atoms with van der Waals surface area (Å²) in [5.41, 5.74) is 0.606. The average Bonchev–Trinajstić information content (AvgIpc) is 3.35. The zero-order chi connectivity index (χ0) is 20.4. The number of para-hydroxylation sites is 1. The fraction of sp³-hybridized carbons (Fsp3) is 0.300. The normalized spacial score (nSPS) is 15.0. The van der Waals surface area contributed by atoms with Crippen LogP contribution in [0.5, 0.6) is 5.75 Å². The van der Waals surface area contributed by atoms with Gasteiger partial charge in [0.1, 0.15) is 5.75 Å². The van der Waals surface area contributed by atoms with Crippen LogP contribution in [0, 0.1) is 0 Å². The van der Waals surface area contributed by atoms with Crippen LogP contribution in [-0.4, -0.2) is 36.3 Å². The smallest absolute Gasteiger partial charge is 0.419 e. The molecule has 0 bridgehead atoms. The number of carbonyl (C=O) groups is 1. The van der Waals surface area contributed by atoms with E-state index in [4.69, 9.17) is 9.15 Å². The summed E-state index contributed by atoms with van der Waals surface area (Å²) in [4.78, 5) is 24.3. The summed E-state index contributed by atoms with van der Waals surface area (Å²) in [5.74, 6) is -0.701. The highest BCUT2D eigenvalue weighted by molar-refractivity contribution is 7.89. The Hall–Kier alpha value is -2.91. The highest BCUT2D eigenvalue weighted by Crippen LogP contribution is 2.24. The molecule has 0 spiro atoms. The van der Waals surface area contributed by atoms with E-state index in [0.29, 0.717) is 24.4 Å². The van der Waals surface area contributed by atoms with Gasteiger partial charge in [-0.15, -0.1) is 0 Å². The van der Waals surface area contributed by atoms with Crippen LogP contribution in [0.3, 0.4) is 0 Å². The maximum absolute atomic E-state index is 12.7. The predicted molar refractivity (Wildman–Crippen MR) is 105 cm³/mol. The van der Waals surface area contributed by atoms with Gasteiger partial charge in [0.25, 0.3) is 0 Å². The molecule has 9 heteroatoms. The Kier molecular flexibility index (Phi) is 5.25. The van der Waals surface area contributed by atoms with Crippen LogP contribution in [0.25, 0.3) is 11.1 Å². The zero-order valence-corrected chi connectivity index (χ0v) is 16.4. The van der Waals surface area contributed by atoms with E-state index in [1.807, 2.05) is 6.07 Å². The van der Waals surface area contributed by atoms with Crippen LogP contribution in [0.4, 0.5) is 0 Å². The van der Waals surface area contributed by atoms with Crippen molar-refractivity contribution < 1.29 is 22.4 Å². The third-order valence-electron chi connectivity index (χ3n) is 4.86. The van der Waals surface area contributed by atoms with Crippen LogP contribution < -0.4 is 10.5 Å². The summed E-state index contributed by atoms with van der Waals surface area (Å²) in [6, 6.07) is 13.0. The molecule has 2 aromatic carbocycles. The Morgan fingerprint density at radius 1 is 1.07 bits per heavy atom. The van der Waals surface area contributed by atoms with Gasteiger partial charge < -0.3 is 9.15 Å². The molecule has 1 aromatic heterocycles. The molecule has 29 heavy (non-hydrogen) atoms. The van der Waals surface area contributed by atoms with Crippen LogP contribution in [-0.2, 0) is 21.4 Å². The van der Waals surface area contributed by atoms with Crippen molar-refractivity contribution in [3.8, 4) is 5.75 Å². The minimum Gasteiger partial charge on any atom is -0.426 e. The Balaban J connectivity index is 1.53. The van der Waals surface area contributed by atoms with E-state index in [-0.39, 0.29) is 23.4 Å². The van der Waals surface area contributed by atoms with Crippen molar-refractivity contribution in [3.63, 3.8) is 0 Å². The van der Waals surface area contributed by atoms with Gasteiger partial charge in [0.05, 0.1) is 16.8 Å². The van der Waals surface area contributed by atoms with E-state index in [2.05, 4.69) is 0 Å². The Morgan fingerprint density at radius 2 is 1.79 bits per heavy atom. The molecule has 1 saturated heterocycles. The van der Waals surface area contributed by atoms with Crippen molar-refractivity contribution in [1.82, 2.24) is 8.87 Å². The molecule has 3 aromatic rings. The van der Waals surface area contributed by atoms with E-state index in [9.17, 15) is 18.0 Å². The number of ether oxygens (including phenoxy) is 1. The monoisotopic (exact) mass is 416 g/mol. The third kappa shape index (κ3) is 3.96. The number of aromatic nitrogens is 1. The van der Waals surface area contributed by atoms with E-state index in [0.717, 1.165) is 12.8 Å². The Bertz CT molecular complexity index is 1190. The standard InChI is InChI=1S/C20H20N2O6S/c23-19(27-15-6-2-1-3-7-15)10-13-22-17-9-8-16(14-18(17)28-20(22)24)29(25,26)21-11-4-5-12-21/h1-3,6-9,14H,4-5,10-13H2. The lowest BCUT2D eigenvalue weighted by Crippen LogP contribution is -2.27. The van der Waals surface area contributed by atoms with Crippen molar-refractivity contribution >= 4 is 27.1 Å². The lowest BCUT2D eigenvalue weighted by molar-refractivity contribution is -0.134. The molecule has 1 aliphatic rings.